The Kier molecular flexibility index (Phi) is 6.04. The topological polar surface area (TPSA) is 64.1 Å². The van der Waals surface area contributed by atoms with E-state index in [-0.39, 0.29) is 30.9 Å². The summed E-state index contributed by atoms with van der Waals surface area (Å²) in [7, 11) is 0. The van der Waals surface area contributed by atoms with E-state index in [2.05, 4.69) is 15.3 Å². The smallest absolute Gasteiger partial charge is 0.208 e. The summed E-state index contributed by atoms with van der Waals surface area (Å²) in [6.07, 6.45) is 6.78. The predicted octanol–water partition coefficient (Wildman–Crippen LogP) is 0.850. The zero-order valence-corrected chi connectivity index (χ0v) is 10.3. The van der Waals surface area contributed by atoms with Crippen LogP contribution in [-0.4, -0.2) is 41.6 Å². The van der Waals surface area contributed by atoms with Crippen molar-refractivity contribution in [2.45, 2.75) is 18.9 Å². The number of Topliss-reactive ketones (excluding diaryl/α,β-unsaturated/α-hetero) is 1. The van der Waals surface area contributed by atoms with Gasteiger partial charge in [-0.2, -0.15) is 0 Å². The van der Waals surface area contributed by atoms with E-state index in [0.29, 0.717) is 5.69 Å². The van der Waals surface area contributed by atoms with E-state index in [4.69, 9.17) is 4.74 Å². The maximum absolute atomic E-state index is 11.6. The molecule has 1 aromatic rings. The van der Waals surface area contributed by atoms with Crippen molar-refractivity contribution in [1.82, 2.24) is 15.3 Å². The fourth-order valence-electron chi connectivity index (χ4n) is 1.67. The molecule has 0 spiro atoms. The summed E-state index contributed by atoms with van der Waals surface area (Å²) in [5, 5.41) is 3.23. The first kappa shape index (κ1) is 14.0. The van der Waals surface area contributed by atoms with Gasteiger partial charge in [0.1, 0.15) is 12.3 Å². The second-order valence-electron chi connectivity index (χ2n) is 3.79. The molecule has 0 aromatic carbocycles. The molecule has 1 atom stereocenters. The molecular formula is C11H16ClN3O2. The van der Waals surface area contributed by atoms with E-state index in [1.807, 2.05) is 0 Å². The fourth-order valence-corrected chi connectivity index (χ4v) is 1.67. The number of ether oxygens (including phenoxy) is 1. The number of rotatable bonds is 4. The highest BCUT2D eigenvalue weighted by molar-refractivity contribution is 5.94. The van der Waals surface area contributed by atoms with Crippen molar-refractivity contribution in [1.29, 1.82) is 0 Å². The number of hydrogen-bond acceptors (Lipinski definition) is 5. The van der Waals surface area contributed by atoms with Gasteiger partial charge >= 0.3 is 0 Å². The Morgan fingerprint density at radius 2 is 2.41 bits per heavy atom. The summed E-state index contributed by atoms with van der Waals surface area (Å²) in [6, 6.07) is 0. The number of piperidine rings is 1. The van der Waals surface area contributed by atoms with Gasteiger partial charge in [-0.1, -0.05) is 0 Å². The van der Waals surface area contributed by atoms with E-state index in [0.717, 1.165) is 25.9 Å². The van der Waals surface area contributed by atoms with Crippen molar-refractivity contribution in [3.05, 3.63) is 24.3 Å². The van der Waals surface area contributed by atoms with Crippen LogP contribution in [0.25, 0.3) is 0 Å². The van der Waals surface area contributed by atoms with Gasteiger partial charge in [-0.15, -0.1) is 12.4 Å². The van der Waals surface area contributed by atoms with Crippen LogP contribution in [0, 0.1) is 0 Å². The average Bonchev–Trinajstić information content (AvgIpc) is 2.38. The van der Waals surface area contributed by atoms with Crippen LogP contribution in [-0.2, 0) is 4.74 Å². The summed E-state index contributed by atoms with van der Waals surface area (Å²) in [5.74, 6) is -0.112. The molecule has 2 rings (SSSR count). The van der Waals surface area contributed by atoms with Gasteiger partial charge in [0, 0.05) is 18.9 Å². The SMILES string of the molecule is Cl.O=C(CO[C@@H]1CCCNC1)c1cnccn1. The highest BCUT2D eigenvalue weighted by Crippen LogP contribution is 2.06. The monoisotopic (exact) mass is 257 g/mol. The highest BCUT2D eigenvalue weighted by atomic mass is 35.5. The Labute approximate surface area is 106 Å². The van der Waals surface area contributed by atoms with Gasteiger partial charge in [0.25, 0.3) is 0 Å². The standard InChI is InChI=1S/C11H15N3O2.ClH/c15-11(10-7-13-4-5-14-10)8-16-9-2-1-3-12-6-9;/h4-5,7,9,12H,1-3,6,8H2;1H/t9-;/m1./s1. The first-order chi connectivity index (χ1) is 7.86. The Hall–Kier alpha value is -1.04. The third-order valence-corrected chi connectivity index (χ3v) is 2.55. The molecule has 17 heavy (non-hydrogen) atoms. The quantitative estimate of drug-likeness (QED) is 0.811. The van der Waals surface area contributed by atoms with E-state index >= 15 is 0 Å². The number of ketones is 1. The van der Waals surface area contributed by atoms with Crippen molar-refractivity contribution < 1.29 is 9.53 Å². The van der Waals surface area contributed by atoms with Crippen LogP contribution in [0.4, 0.5) is 0 Å². The molecule has 5 nitrogen and oxygen atoms in total. The van der Waals surface area contributed by atoms with Crippen LogP contribution < -0.4 is 5.32 Å². The van der Waals surface area contributed by atoms with Gasteiger partial charge in [0.05, 0.1) is 12.3 Å². The molecule has 0 bridgehead atoms. The Morgan fingerprint density at radius 1 is 1.53 bits per heavy atom. The largest absolute Gasteiger partial charge is 0.369 e. The van der Waals surface area contributed by atoms with E-state index in [1.165, 1.54) is 12.4 Å². The number of nitrogens with one attached hydrogen (secondary N) is 1. The van der Waals surface area contributed by atoms with E-state index < -0.39 is 0 Å². The number of aromatic nitrogens is 2. The van der Waals surface area contributed by atoms with Crippen LogP contribution in [0.15, 0.2) is 18.6 Å². The maximum Gasteiger partial charge on any atom is 0.208 e. The zero-order valence-electron chi connectivity index (χ0n) is 9.46. The third-order valence-electron chi connectivity index (χ3n) is 2.55. The first-order valence-electron chi connectivity index (χ1n) is 5.48. The molecule has 1 aliphatic heterocycles. The van der Waals surface area contributed by atoms with Gasteiger partial charge in [-0.25, -0.2) is 4.98 Å². The minimum atomic E-state index is -0.112. The molecule has 1 fully saturated rings. The van der Waals surface area contributed by atoms with E-state index in [1.54, 1.807) is 6.20 Å². The molecule has 1 saturated heterocycles. The molecule has 6 heteroatoms. The molecule has 94 valence electrons. The number of nitrogens with zero attached hydrogens (tertiary/aromatic N) is 2. The number of hydrogen-bond donors (Lipinski definition) is 1. The lowest BCUT2D eigenvalue weighted by Crippen LogP contribution is -2.36. The molecule has 1 N–H and O–H groups in total. The van der Waals surface area contributed by atoms with Crippen molar-refractivity contribution >= 4 is 18.2 Å². The minimum absolute atomic E-state index is 0. The average molecular weight is 258 g/mol. The van der Waals surface area contributed by atoms with Gasteiger partial charge in [0.15, 0.2) is 0 Å². The second kappa shape index (κ2) is 7.32. The lowest BCUT2D eigenvalue weighted by molar-refractivity contribution is 0.0344. The normalized spacial score (nSPS) is 19.4. The van der Waals surface area contributed by atoms with Crippen molar-refractivity contribution in [2.75, 3.05) is 19.7 Å². The van der Waals surface area contributed by atoms with Crippen LogP contribution in [0.5, 0.6) is 0 Å². The molecular weight excluding hydrogens is 242 g/mol. The summed E-state index contributed by atoms with van der Waals surface area (Å²) < 4.78 is 5.52. The third kappa shape index (κ3) is 4.38. The van der Waals surface area contributed by atoms with Crippen LogP contribution in [0.1, 0.15) is 23.3 Å². The predicted molar refractivity (Wildman–Crippen MR) is 65.5 cm³/mol. The molecule has 1 aromatic heterocycles. The Morgan fingerprint density at radius 3 is 3.06 bits per heavy atom. The fraction of sp³-hybridized carbons (Fsp3) is 0.545. The lowest BCUT2D eigenvalue weighted by atomic mass is 10.1. The Balaban J connectivity index is 0.00000144. The van der Waals surface area contributed by atoms with Gasteiger partial charge in [0.2, 0.25) is 5.78 Å². The van der Waals surface area contributed by atoms with Crippen LogP contribution >= 0.6 is 12.4 Å². The molecule has 1 aliphatic rings. The number of carbonyl (C=O) groups excluding carboxylic acids is 1. The minimum Gasteiger partial charge on any atom is -0.369 e. The summed E-state index contributed by atoms with van der Waals surface area (Å²) in [5.41, 5.74) is 0.367. The highest BCUT2D eigenvalue weighted by Gasteiger charge is 2.15. The lowest BCUT2D eigenvalue weighted by Gasteiger charge is -2.22. The van der Waals surface area contributed by atoms with Crippen LogP contribution in [0.2, 0.25) is 0 Å². The van der Waals surface area contributed by atoms with Gasteiger partial charge < -0.3 is 10.1 Å². The molecule has 0 radical (unpaired) electrons. The molecule has 0 saturated carbocycles. The summed E-state index contributed by atoms with van der Waals surface area (Å²) >= 11 is 0. The molecule has 0 amide bonds. The molecule has 2 heterocycles. The van der Waals surface area contributed by atoms with E-state index in [9.17, 15) is 4.79 Å². The van der Waals surface area contributed by atoms with Crippen LogP contribution in [0.3, 0.4) is 0 Å². The zero-order chi connectivity index (χ0) is 11.2. The van der Waals surface area contributed by atoms with Crippen molar-refractivity contribution in [2.24, 2.45) is 0 Å². The van der Waals surface area contributed by atoms with Crippen molar-refractivity contribution in [3.63, 3.8) is 0 Å². The van der Waals surface area contributed by atoms with Gasteiger partial charge in [-0.3, -0.25) is 9.78 Å². The molecule has 0 aliphatic carbocycles. The molecule has 0 unspecified atom stereocenters. The first-order valence-corrected chi connectivity index (χ1v) is 5.48. The Bertz CT molecular complexity index is 342. The number of carbonyl (C=O) groups is 1. The second-order valence-corrected chi connectivity index (χ2v) is 3.79. The number of halogens is 1. The summed E-state index contributed by atoms with van der Waals surface area (Å²) in [6.45, 7) is 1.96. The summed E-state index contributed by atoms with van der Waals surface area (Å²) in [4.78, 5) is 19.4. The maximum atomic E-state index is 11.6. The van der Waals surface area contributed by atoms with Gasteiger partial charge in [-0.05, 0) is 19.4 Å². The van der Waals surface area contributed by atoms with Crippen molar-refractivity contribution in [3.8, 4) is 0 Å².